The summed E-state index contributed by atoms with van der Waals surface area (Å²) in [5.41, 5.74) is 1.32. The van der Waals surface area contributed by atoms with Crippen molar-refractivity contribution < 1.29 is 9.59 Å². The molecule has 1 aliphatic carbocycles. The summed E-state index contributed by atoms with van der Waals surface area (Å²) in [5, 5.41) is 2.45. The second kappa shape index (κ2) is 9.22. The van der Waals surface area contributed by atoms with Gasteiger partial charge in [-0.05, 0) is 62.8 Å². The van der Waals surface area contributed by atoms with Crippen LogP contribution in [0.15, 0.2) is 24.3 Å². The van der Waals surface area contributed by atoms with Crippen LogP contribution >= 0.6 is 11.6 Å². The van der Waals surface area contributed by atoms with Gasteiger partial charge in [0, 0.05) is 17.2 Å². The van der Waals surface area contributed by atoms with E-state index in [4.69, 9.17) is 11.6 Å². The van der Waals surface area contributed by atoms with Crippen molar-refractivity contribution in [1.29, 1.82) is 0 Å². The van der Waals surface area contributed by atoms with Gasteiger partial charge in [0.2, 0.25) is 5.91 Å². The van der Waals surface area contributed by atoms with E-state index in [-0.39, 0.29) is 17.6 Å². The van der Waals surface area contributed by atoms with Crippen molar-refractivity contribution in [3.8, 4) is 0 Å². The highest BCUT2D eigenvalue weighted by molar-refractivity contribution is 6.33. The minimum Gasteiger partial charge on any atom is -0.326 e. The third-order valence-corrected chi connectivity index (χ3v) is 5.18. The van der Waals surface area contributed by atoms with Gasteiger partial charge in [-0.1, -0.05) is 26.2 Å². The van der Waals surface area contributed by atoms with Gasteiger partial charge < -0.3 is 5.32 Å². The van der Waals surface area contributed by atoms with Crippen LogP contribution in [-0.2, 0) is 4.79 Å². The summed E-state index contributed by atoms with van der Waals surface area (Å²) in [4.78, 5) is 24.2. The molecule has 1 aromatic carbocycles. The molecule has 0 spiro atoms. The number of hydrogen-bond acceptors (Lipinski definition) is 2. The Morgan fingerprint density at radius 1 is 1.17 bits per heavy atom. The third kappa shape index (κ3) is 5.34. The number of carbonyl (C=O) groups is 2. The standard InChI is InChI=1S/C20H28ClNO2/c1-3-4-5-15-6-8-17(9-7-15)20(24)22-18-12-10-16(11-13-18)19(23)14(2)21/h10-15,17H,3-9H2,1-2H3,(H,22,24). The van der Waals surface area contributed by atoms with E-state index in [0.717, 1.165) is 24.4 Å². The molecule has 132 valence electrons. The highest BCUT2D eigenvalue weighted by Crippen LogP contribution is 2.32. The molecule has 1 aromatic rings. The van der Waals surface area contributed by atoms with Crippen LogP contribution in [0.3, 0.4) is 0 Å². The predicted octanol–water partition coefficient (Wildman–Crippen LogP) is 5.43. The first-order valence-corrected chi connectivity index (χ1v) is 9.54. The minimum absolute atomic E-state index is 0.0973. The SMILES string of the molecule is CCCCC1CCC(C(=O)Nc2ccc(C(=O)C(C)Cl)cc2)CC1. The van der Waals surface area contributed by atoms with Crippen molar-refractivity contribution in [1.82, 2.24) is 0 Å². The fourth-order valence-electron chi connectivity index (χ4n) is 3.40. The first-order valence-electron chi connectivity index (χ1n) is 9.10. The molecule has 3 nitrogen and oxygen atoms in total. The third-order valence-electron chi connectivity index (χ3n) is 4.98. The number of anilines is 1. The molecule has 1 atom stereocenters. The van der Waals surface area contributed by atoms with Crippen molar-refractivity contribution in [3.05, 3.63) is 29.8 Å². The Morgan fingerprint density at radius 3 is 2.33 bits per heavy atom. The number of amides is 1. The summed E-state index contributed by atoms with van der Waals surface area (Å²) in [7, 11) is 0. The second-order valence-electron chi connectivity index (χ2n) is 6.91. The first-order chi connectivity index (χ1) is 11.5. The molecule has 1 fully saturated rings. The molecule has 2 rings (SSSR count). The molecule has 0 bridgehead atoms. The monoisotopic (exact) mass is 349 g/mol. The summed E-state index contributed by atoms with van der Waals surface area (Å²) in [5.74, 6) is 0.928. The van der Waals surface area contributed by atoms with Crippen LogP contribution in [0.1, 0.15) is 69.2 Å². The van der Waals surface area contributed by atoms with Gasteiger partial charge in [-0.25, -0.2) is 0 Å². The lowest BCUT2D eigenvalue weighted by Crippen LogP contribution is -2.27. The first kappa shape index (κ1) is 19.0. The lowest BCUT2D eigenvalue weighted by molar-refractivity contribution is -0.121. The van der Waals surface area contributed by atoms with E-state index in [0.29, 0.717) is 5.56 Å². The van der Waals surface area contributed by atoms with E-state index in [1.165, 1.54) is 32.1 Å². The van der Waals surface area contributed by atoms with E-state index >= 15 is 0 Å². The number of benzene rings is 1. The Morgan fingerprint density at radius 2 is 1.79 bits per heavy atom. The molecule has 0 radical (unpaired) electrons. The van der Waals surface area contributed by atoms with Gasteiger partial charge in [0.15, 0.2) is 5.78 Å². The number of carbonyl (C=O) groups excluding carboxylic acids is 2. The van der Waals surface area contributed by atoms with Gasteiger partial charge in [0.1, 0.15) is 0 Å². The molecule has 24 heavy (non-hydrogen) atoms. The van der Waals surface area contributed by atoms with Crippen molar-refractivity contribution in [2.75, 3.05) is 5.32 Å². The quantitative estimate of drug-likeness (QED) is 0.526. The molecule has 0 aromatic heterocycles. The fourth-order valence-corrected chi connectivity index (χ4v) is 3.52. The summed E-state index contributed by atoms with van der Waals surface area (Å²) in [6.07, 6.45) is 8.16. The maximum absolute atomic E-state index is 12.4. The number of nitrogens with one attached hydrogen (secondary N) is 1. The molecule has 1 unspecified atom stereocenters. The maximum atomic E-state index is 12.4. The molecular formula is C20H28ClNO2. The number of halogens is 1. The van der Waals surface area contributed by atoms with Gasteiger partial charge in [-0.2, -0.15) is 0 Å². The zero-order chi connectivity index (χ0) is 17.5. The predicted molar refractivity (Wildman–Crippen MR) is 99.7 cm³/mol. The van der Waals surface area contributed by atoms with Crippen LogP contribution in [0.5, 0.6) is 0 Å². The fraction of sp³-hybridized carbons (Fsp3) is 0.600. The minimum atomic E-state index is -0.534. The van der Waals surface area contributed by atoms with Crippen LogP contribution in [-0.4, -0.2) is 17.1 Å². The van der Waals surface area contributed by atoms with Gasteiger partial charge >= 0.3 is 0 Å². The zero-order valence-corrected chi connectivity index (χ0v) is 15.4. The van der Waals surface area contributed by atoms with E-state index in [9.17, 15) is 9.59 Å². The van der Waals surface area contributed by atoms with Crippen LogP contribution in [0, 0.1) is 11.8 Å². The van der Waals surface area contributed by atoms with E-state index in [1.54, 1.807) is 31.2 Å². The van der Waals surface area contributed by atoms with Crippen molar-refractivity contribution in [3.63, 3.8) is 0 Å². The van der Waals surface area contributed by atoms with Crippen molar-refractivity contribution in [2.45, 2.75) is 64.2 Å². The van der Waals surface area contributed by atoms with Crippen molar-refractivity contribution >= 4 is 29.0 Å². The Hall–Kier alpha value is -1.35. The lowest BCUT2D eigenvalue weighted by atomic mass is 9.79. The Kier molecular flexibility index (Phi) is 7.29. The molecule has 0 saturated heterocycles. The molecule has 1 saturated carbocycles. The van der Waals surface area contributed by atoms with Crippen LogP contribution < -0.4 is 5.32 Å². The smallest absolute Gasteiger partial charge is 0.227 e. The summed E-state index contributed by atoms with van der Waals surface area (Å²) >= 11 is 5.81. The summed E-state index contributed by atoms with van der Waals surface area (Å²) < 4.78 is 0. The molecule has 0 heterocycles. The highest BCUT2D eigenvalue weighted by atomic mass is 35.5. The topological polar surface area (TPSA) is 46.2 Å². The normalized spacial score (nSPS) is 22.0. The number of alkyl halides is 1. The Bertz CT molecular complexity index is 545. The molecule has 0 aliphatic heterocycles. The summed E-state index contributed by atoms with van der Waals surface area (Å²) in [6.45, 7) is 3.89. The lowest BCUT2D eigenvalue weighted by Gasteiger charge is -2.27. The average Bonchev–Trinajstić information content (AvgIpc) is 2.60. The molecule has 1 N–H and O–H groups in total. The van der Waals surface area contributed by atoms with Gasteiger partial charge in [-0.3, -0.25) is 9.59 Å². The van der Waals surface area contributed by atoms with Crippen molar-refractivity contribution in [2.24, 2.45) is 11.8 Å². The van der Waals surface area contributed by atoms with E-state index in [1.807, 2.05) is 0 Å². The molecule has 1 aliphatic rings. The van der Waals surface area contributed by atoms with Crippen LogP contribution in [0.2, 0.25) is 0 Å². The number of rotatable bonds is 7. The van der Waals surface area contributed by atoms with Gasteiger partial charge in [0.25, 0.3) is 0 Å². The van der Waals surface area contributed by atoms with Crippen LogP contribution in [0.25, 0.3) is 0 Å². The molecule has 1 amide bonds. The highest BCUT2D eigenvalue weighted by Gasteiger charge is 2.26. The zero-order valence-electron chi connectivity index (χ0n) is 14.7. The van der Waals surface area contributed by atoms with E-state index < -0.39 is 5.38 Å². The second-order valence-corrected chi connectivity index (χ2v) is 7.56. The van der Waals surface area contributed by atoms with Gasteiger partial charge in [-0.15, -0.1) is 11.6 Å². The van der Waals surface area contributed by atoms with Gasteiger partial charge in [0.05, 0.1) is 5.38 Å². The summed E-state index contributed by atoms with van der Waals surface area (Å²) in [6, 6.07) is 6.99. The molecule has 4 heteroatoms. The number of ketones is 1. The van der Waals surface area contributed by atoms with Crippen LogP contribution in [0.4, 0.5) is 5.69 Å². The van der Waals surface area contributed by atoms with E-state index in [2.05, 4.69) is 12.2 Å². The Balaban J connectivity index is 1.83. The largest absolute Gasteiger partial charge is 0.326 e. The average molecular weight is 350 g/mol. The molecular weight excluding hydrogens is 322 g/mol. The number of Topliss-reactive ketones (excluding diaryl/α,β-unsaturated/α-hetero) is 1. The number of hydrogen-bond donors (Lipinski definition) is 1. The maximum Gasteiger partial charge on any atom is 0.227 e. The Labute approximate surface area is 150 Å². The number of unbranched alkanes of at least 4 members (excludes halogenated alkanes) is 1.